The van der Waals surface area contributed by atoms with Gasteiger partial charge in [-0.25, -0.2) is 0 Å². The van der Waals surface area contributed by atoms with Gasteiger partial charge in [0.1, 0.15) is 0 Å². The van der Waals surface area contributed by atoms with Crippen LogP contribution in [0.5, 0.6) is 0 Å². The fraction of sp³-hybridized carbons (Fsp3) is 0.875. The first-order valence-electron chi connectivity index (χ1n) is 4.03. The van der Waals surface area contributed by atoms with Crippen molar-refractivity contribution in [2.24, 2.45) is 17.3 Å². The maximum Gasteiger partial charge on any atom is 0.313 e. The van der Waals surface area contributed by atoms with Crippen LogP contribution in [0.25, 0.3) is 0 Å². The van der Waals surface area contributed by atoms with Crippen LogP contribution in [-0.2, 0) is 4.79 Å². The van der Waals surface area contributed by atoms with Crippen LogP contribution in [0.15, 0.2) is 0 Å². The molecule has 0 radical (unpaired) electrons. The first kappa shape index (κ1) is 12.4. The maximum absolute atomic E-state index is 12.9. The number of alkyl halides is 4. The zero-order chi connectivity index (χ0) is 11.3. The SMILES string of the molecule is CC1(C)[C@@H](C(=O)O)[C@@H]1C(Br)C(F)(F)Br. The molecule has 1 saturated carbocycles. The van der Waals surface area contributed by atoms with Gasteiger partial charge in [0.2, 0.25) is 0 Å². The number of hydrogen-bond acceptors (Lipinski definition) is 1. The normalized spacial score (nSPS) is 32.4. The highest BCUT2D eigenvalue weighted by Gasteiger charge is 2.68. The van der Waals surface area contributed by atoms with E-state index in [2.05, 4.69) is 31.9 Å². The van der Waals surface area contributed by atoms with Crippen molar-refractivity contribution < 1.29 is 18.7 Å². The minimum absolute atomic E-state index is 0.547. The van der Waals surface area contributed by atoms with E-state index in [0.717, 1.165) is 0 Å². The van der Waals surface area contributed by atoms with Crippen molar-refractivity contribution in [2.75, 3.05) is 0 Å². The molecule has 1 aliphatic carbocycles. The summed E-state index contributed by atoms with van der Waals surface area (Å²) in [6.45, 7) is 3.37. The molecule has 1 rings (SSSR count). The predicted molar refractivity (Wildman–Crippen MR) is 55.0 cm³/mol. The molecule has 0 aromatic heterocycles. The summed E-state index contributed by atoms with van der Waals surface area (Å²) < 4.78 is 25.7. The van der Waals surface area contributed by atoms with Gasteiger partial charge in [-0.2, -0.15) is 8.78 Å². The highest BCUT2D eigenvalue weighted by molar-refractivity contribution is 9.12. The van der Waals surface area contributed by atoms with E-state index in [0.29, 0.717) is 0 Å². The molecule has 14 heavy (non-hydrogen) atoms. The molecule has 0 aliphatic heterocycles. The number of halogens is 4. The topological polar surface area (TPSA) is 37.3 Å². The summed E-state index contributed by atoms with van der Waals surface area (Å²) in [5.74, 6) is -2.26. The molecule has 0 amide bonds. The summed E-state index contributed by atoms with van der Waals surface area (Å²) in [6, 6.07) is 0. The number of hydrogen-bond donors (Lipinski definition) is 1. The highest BCUT2D eigenvalue weighted by atomic mass is 79.9. The lowest BCUT2D eigenvalue weighted by Crippen LogP contribution is -2.25. The lowest BCUT2D eigenvalue weighted by Gasteiger charge is -2.16. The van der Waals surface area contributed by atoms with Crippen molar-refractivity contribution in [2.45, 2.75) is 23.5 Å². The Hall–Kier alpha value is 0.290. The van der Waals surface area contributed by atoms with Gasteiger partial charge in [0, 0.05) is 0 Å². The van der Waals surface area contributed by atoms with Crippen LogP contribution in [0.4, 0.5) is 8.78 Å². The molecule has 0 spiro atoms. The molecule has 1 unspecified atom stereocenters. The van der Waals surface area contributed by atoms with Crippen LogP contribution in [0.1, 0.15) is 13.8 Å². The van der Waals surface area contributed by atoms with Crippen LogP contribution in [0, 0.1) is 17.3 Å². The molecular weight excluding hydrogens is 326 g/mol. The third-order valence-electron chi connectivity index (χ3n) is 2.80. The van der Waals surface area contributed by atoms with Crippen molar-refractivity contribution in [3.63, 3.8) is 0 Å². The largest absolute Gasteiger partial charge is 0.481 e. The van der Waals surface area contributed by atoms with Crippen molar-refractivity contribution >= 4 is 37.8 Å². The fourth-order valence-corrected chi connectivity index (χ4v) is 3.17. The number of aliphatic carboxylic acids is 1. The van der Waals surface area contributed by atoms with Crippen molar-refractivity contribution in [3.05, 3.63) is 0 Å². The second-order valence-electron chi connectivity index (χ2n) is 4.11. The smallest absolute Gasteiger partial charge is 0.313 e. The summed E-state index contributed by atoms with van der Waals surface area (Å²) in [6.07, 6.45) is 0. The fourth-order valence-electron chi connectivity index (χ4n) is 1.90. The van der Waals surface area contributed by atoms with Gasteiger partial charge in [0.25, 0.3) is 0 Å². The van der Waals surface area contributed by atoms with Gasteiger partial charge in [0.15, 0.2) is 0 Å². The van der Waals surface area contributed by atoms with E-state index in [1.54, 1.807) is 13.8 Å². The maximum atomic E-state index is 12.9. The van der Waals surface area contributed by atoms with Crippen molar-refractivity contribution in [1.29, 1.82) is 0 Å². The van der Waals surface area contributed by atoms with Crippen LogP contribution < -0.4 is 0 Å². The van der Waals surface area contributed by atoms with Crippen LogP contribution in [0.2, 0.25) is 0 Å². The van der Waals surface area contributed by atoms with Crippen molar-refractivity contribution in [3.8, 4) is 0 Å². The molecule has 82 valence electrons. The zero-order valence-electron chi connectivity index (χ0n) is 7.60. The highest BCUT2D eigenvalue weighted by Crippen LogP contribution is 2.64. The first-order chi connectivity index (χ1) is 6.10. The standard InChI is InChI=1S/C8H10Br2F2O2/c1-7(2)3(4(7)6(13)14)5(9)8(10,11)12/h3-5H,1-2H3,(H,13,14)/t3-,4-,5?/m1/s1. The Kier molecular flexibility index (Phi) is 3.00. The molecule has 6 heteroatoms. The van der Waals surface area contributed by atoms with Gasteiger partial charge >= 0.3 is 10.8 Å². The second-order valence-corrected chi connectivity index (χ2v) is 6.15. The average Bonchev–Trinajstić information content (AvgIpc) is 2.49. The molecule has 3 atom stereocenters. The minimum Gasteiger partial charge on any atom is -0.481 e. The van der Waals surface area contributed by atoms with E-state index in [1.165, 1.54) is 0 Å². The van der Waals surface area contributed by atoms with E-state index in [-0.39, 0.29) is 0 Å². The van der Waals surface area contributed by atoms with Gasteiger partial charge < -0.3 is 5.11 Å². The molecule has 0 aromatic rings. The monoisotopic (exact) mass is 334 g/mol. The van der Waals surface area contributed by atoms with Crippen molar-refractivity contribution in [1.82, 2.24) is 0 Å². The Morgan fingerprint density at radius 2 is 2.00 bits per heavy atom. The van der Waals surface area contributed by atoms with E-state index in [4.69, 9.17) is 5.11 Å². The Balaban J connectivity index is 2.79. The molecule has 0 bridgehead atoms. The van der Waals surface area contributed by atoms with Crippen LogP contribution in [0.3, 0.4) is 0 Å². The molecule has 1 fully saturated rings. The minimum atomic E-state index is -3.07. The molecule has 1 N–H and O–H groups in total. The van der Waals surface area contributed by atoms with Gasteiger partial charge in [-0.05, 0) is 27.3 Å². The van der Waals surface area contributed by atoms with Gasteiger partial charge in [-0.1, -0.05) is 29.8 Å². The number of carboxylic acid groups (broad SMARTS) is 1. The summed E-state index contributed by atoms with van der Waals surface area (Å²) in [4.78, 5) is 6.52. The van der Waals surface area contributed by atoms with Gasteiger partial charge in [-0.3, -0.25) is 4.79 Å². The Bertz CT molecular complexity index is 263. The molecule has 0 aromatic carbocycles. The number of carbonyl (C=O) groups is 1. The summed E-state index contributed by atoms with van der Waals surface area (Å²) in [5, 5.41) is 8.79. The molecule has 1 aliphatic rings. The summed E-state index contributed by atoms with van der Waals surface area (Å²) >= 11 is 5.09. The van der Waals surface area contributed by atoms with E-state index < -0.39 is 32.9 Å². The Labute approximate surface area is 97.3 Å². The van der Waals surface area contributed by atoms with E-state index in [1.807, 2.05) is 0 Å². The molecule has 2 nitrogen and oxygen atoms in total. The van der Waals surface area contributed by atoms with E-state index in [9.17, 15) is 13.6 Å². The van der Waals surface area contributed by atoms with Crippen LogP contribution >= 0.6 is 31.9 Å². The third-order valence-corrected chi connectivity index (χ3v) is 5.06. The third kappa shape index (κ3) is 1.96. The molecule has 0 saturated heterocycles. The van der Waals surface area contributed by atoms with E-state index >= 15 is 0 Å². The molecule has 0 heterocycles. The second kappa shape index (κ2) is 3.40. The van der Waals surface area contributed by atoms with Gasteiger partial charge in [-0.15, -0.1) is 0 Å². The predicted octanol–water partition coefficient (Wildman–Crippen LogP) is 3.09. The summed E-state index contributed by atoms with van der Waals surface area (Å²) in [7, 11) is 0. The lowest BCUT2D eigenvalue weighted by molar-refractivity contribution is -0.139. The zero-order valence-corrected chi connectivity index (χ0v) is 10.8. The Morgan fingerprint density at radius 1 is 1.57 bits per heavy atom. The quantitative estimate of drug-likeness (QED) is 0.805. The average molecular weight is 336 g/mol. The van der Waals surface area contributed by atoms with Gasteiger partial charge in [0.05, 0.1) is 10.7 Å². The Morgan fingerprint density at radius 3 is 2.21 bits per heavy atom. The summed E-state index contributed by atoms with van der Waals surface area (Å²) in [5.41, 5.74) is -0.572. The molecular formula is C8H10Br2F2O2. The first-order valence-corrected chi connectivity index (χ1v) is 5.74. The number of carboxylic acids is 1. The van der Waals surface area contributed by atoms with Crippen LogP contribution in [-0.4, -0.2) is 20.7 Å². The lowest BCUT2D eigenvalue weighted by atomic mass is 10.1. The number of rotatable bonds is 3.